The Morgan fingerprint density at radius 2 is 1.76 bits per heavy atom. The smallest absolute Gasteiger partial charge is 0.253 e. The molecule has 29 heavy (non-hydrogen) atoms. The number of ether oxygens (including phenoxy) is 1. The molecule has 1 heterocycles. The zero-order valence-corrected chi connectivity index (χ0v) is 17.5. The van der Waals surface area contributed by atoms with Gasteiger partial charge in [0.2, 0.25) is 10.0 Å². The summed E-state index contributed by atoms with van der Waals surface area (Å²) in [7, 11) is -2.11. The summed E-state index contributed by atoms with van der Waals surface area (Å²) in [6.45, 7) is 4.50. The molecule has 156 valence electrons. The van der Waals surface area contributed by atoms with Crippen LogP contribution in [0.15, 0.2) is 53.4 Å². The standard InChI is InChI=1S/C21H25FN2O4S/c1-15-12-24(13-16(2)28-15)29(26,27)20-6-4-5-18(11-20)21(25)23(3)14-17-7-9-19(22)10-8-17/h4-11,15-16H,12-14H2,1-3H3/t15-,16-/m0/s1. The van der Waals surface area contributed by atoms with Crippen LogP contribution >= 0.6 is 0 Å². The largest absolute Gasteiger partial charge is 0.373 e. The first-order valence-electron chi connectivity index (χ1n) is 9.42. The molecule has 1 aliphatic heterocycles. The monoisotopic (exact) mass is 420 g/mol. The normalized spacial score (nSPS) is 20.4. The first-order valence-corrected chi connectivity index (χ1v) is 10.9. The van der Waals surface area contributed by atoms with Gasteiger partial charge in [-0.05, 0) is 49.7 Å². The molecule has 0 N–H and O–H groups in total. The van der Waals surface area contributed by atoms with Gasteiger partial charge in [-0.15, -0.1) is 0 Å². The summed E-state index contributed by atoms with van der Waals surface area (Å²) in [5, 5.41) is 0. The van der Waals surface area contributed by atoms with Crippen molar-refractivity contribution in [2.75, 3.05) is 20.1 Å². The van der Waals surface area contributed by atoms with Gasteiger partial charge < -0.3 is 9.64 Å². The minimum atomic E-state index is -3.73. The van der Waals surface area contributed by atoms with Gasteiger partial charge >= 0.3 is 0 Å². The quantitative estimate of drug-likeness (QED) is 0.746. The van der Waals surface area contributed by atoms with Crippen molar-refractivity contribution in [1.82, 2.24) is 9.21 Å². The summed E-state index contributed by atoms with van der Waals surface area (Å²) < 4.78 is 46.2. The van der Waals surface area contributed by atoms with Gasteiger partial charge in [-0.2, -0.15) is 4.31 Å². The van der Waals surface area contributed by atoms with Gasteiger partial charge in [-0.25, -0.2) is 12.8 Å². The molecule has 2 atom stereocenters. The molecule has 1 amide bonds. The highest BCUT2D eigenvalue weighted by molar-refractivity contribution is 7.89. The SMILES string of the molecule is C[C@H]1CN(S(=O)(=O)c2cccc(C(=O)N(C)Cc3ccc(F)cc3)c2)C[C@H](C)O1. The molecule has 1 aliphatic rings. The number of morpholine rings is 1. The lowest BCUT2D eigenvalue weighted by Crippen LogP contribution is -2.48. The summed E-state index contributed by atoms with van der Waals surface area (Å²) in [6, 6.07) is 12.0. The molecular weight excluding hydrogens is 395 g/mol. The van der Waals surface area contributed by atoms with E-state index in [1.54, 1.807) is 31.3 Å². The van der Waals surface area contributed by atoms with E-state index in [-0.39, 0.29) is 54.0 Å². The van der Waals surface area contributed by atoms with Crippen LogP contribution in [0.5, 0.6) is 0 Å². The summed E-state index contributed by atoms with van der Waals surface area (Å²) in [4.78, 5) is 14.4. The number of sulfonamides is 1. The second-order valence-electron chi connectivity index (χ2n) is 7.39. The minimum Gasteiger partial charge on any atom is -0.373 e. The lowest BCUT2D eigenvalue weighted by Gasteiger charge is -2.34. The third-order valence-electron chi connectivity index (χ3n) is 4.78. The zero-order valence-electron chi connectivity index (χ0n) is 16.7. The summed E-state index contributed by atoms with van der Waals surface area (Å²) in [6.07, 6.45) is -0.389. The van der Waals surface area contributed by atoms with Crippen LogP contribution in [0.4, 0.5) is 4.39 Å². The number of hydrogen-bond donors (Lipinski definition) is 0. The topological polar surface area (TPSA) is 66.9 Å². The fourth-order valence-electron chi connectivity index (χ4n) is 3.42. The van der Waals surface area contributed by atoms with Crippen molar-refractivity contribution in [3.8, 4) is 0 Å². The molecule has 0 spiro atoms. The van der Waals surface area contributed by atoms with E-state index >= 15 is 0 Å². The van der Waals surface area contributed by atoms with E-state index in [4.69, 9.17) is 4.74 Å². The van der Waals surface area contributed by atoms with E-state index in [9.17, 15) is 17.6 Å². The number of benzene rings is 2. The third-order valence-corrected chi connectivity index (χ3v) is 6.61. The number of hydrogen-bond acceptors (Lipinski definition) is 4. The van der Waals surface area contributed by atoms with Crippen molar-refractivity contribution in [2.45, 2.75) is 37.5 Å². The lowest BCUT2D eigenvalue weighted by molar-refractivity contribution is -0.0440. The van der Waals surface area contributed by atoms with Crippen molar-refractivity contribution in [2.24, 2.45) is 0 Å². The van der Waals surface area contributed by atoms with Crippen LogP contribution in [-0.4, -0.2) is 55.9 Å². The number of rotatable bonds is 5. The number of halogens is 1. The van der Waals surface area contributed by atoms with Crippen molar-refractivity contribution >= 4 is 15.9 Å². The molecule has 2 aromatic rings. The summed E-state index contributed by atoms with van der Waals surface area (Å²) >= 11 is 0. The maximum atomic E-state index is 13.1. The first kappa shape index (κ1) is 21.4. The molecule has 2 aromatic carbocycles. The van der Waals surface area contributed by atoms with Gasteiger partial charge in [0, 0.05) is 32.2 Å². The Hall–Kier alpha value is -2.29. The molecule has 1 saturated heterocycles. The maximum absolute atomic E-state index is 13.1. The van der Waals surface area contributed by atoms with Crippen molar-refractivity contribution in [3.63, 3.8) is 0 Å². The van der Waals surface area contributed by atoms with Crippen molar-refractivity contribution in [3.05, 3.63) is 65.5 Å². The van der Waals surface area contributed by atoms with Crippen molar-refractivity contribution < 1.29 is 22.3 Å². The Labute approximate surface area is 170 Å². The van der Waals surface area contributed by atoms with E-state index in [0.29, 0.717) is 0 Å². The number of nitrogens with zero attached hydrogens (tertiary/aromatic N) is 2. The Morgan fingerprint density at radius 3 is 2.38 bits per heavy atom. The molecule has 8 heteroatoms. The van der Waals surface area contributed by atoms with E-state index in [2.05, 4.69) is 0 Å². The maximum Gasteiger partial charge on any atom is 0.253 e. The average Bonchev–Trinajstić information content (AvgIpc) is 2.68. The van der Waals surface area contributed by atoms with Gasteiger partial charge in [-0.3, -0.25) is 4.79 Å². The van der Waals surface area contributed by atoms with Gasteiger partial charge in [-0.1, -0.05) is 18.2 Å². The highest BCUT2D eigenvalue weighted by Gasteiger charge is 2.32. The van der Waals surface area contributed by atoms with E-state index in [1.165, 1.54) is 33.5 Å². The highest BCUT2D eigenvalue weighted by atomic mass is 32.2. The highest BCUT2D eigenvalue weighted by Crippen LogP contribution is 2.22. The molecule has 0 aromatic heterocycles. The third kappa shape index (κ3) is 5.01. The summed E-state index contributed by atoms with van der Waals surface area (Å²) in [5.41, 5.74) is 1.06. The fraction of sp³-hybridized carbons (Fsp3) is 0.381. The van der Waals surface area contributed by atoms with E-state index in [0.717, 1.165) is 5.56 Å². The van der Waals surface area contributed by atoms with Crippen LogP contribution in [-0.2, 0) is 21.3 Å². The van der Waals surface area contributed by atoms with Crippen LogP contribution < -0.4 is 0 Å². The van der Waals surface area contributed by atoms with E-state index in [1.807, 2.05) is 13.8 Å². The molecular formula is C21H25FN2O4S. The molecule has 0 radical (unpaired) electrons. The van der Waals surface area contributed by atoms with Crippen LogP contribution in [0.1, 0.15) is 29.8 Å². The lowest BCUT2D eigenvalue weighted by atomic mass is 10.1. The predicted octanol–water partition coefficient (Wildman–Crippen LogP) is 2.90. The van der Waals surface area contributed by atoms with Crippen LogP contribution in [0.2, 0.25) is 0 Å². The second-order valence-corrected chi connectivity index (χ2v) is 9.33. The second kappa shape index (κ2) is 8.61. The summed E-state index contributed by atoms with van der Waals surface area (Å²) in [5.74, 6) is -0.650. The van der Waals surface area contributed by atoms with Gasteiger partial charge in [0.25, 0.3) is 5.91 Å². The van der Waals surface area contributed by atoms with Gasteiger partial charge in [0.15, 0.2) is 0 Å². The minimum absolute atomic E-state index is 0.0832. The van der Waals surface area contributed by atoms with Crippen LogP contribution in [0.3, 0.4) is 0 Å². The number of amides is 1. The fourth-order valence-corrected chi connectivity index (χ4v) is 5.06. The average molecular weight is 421 g/mol. The molecule has 0 saturated carbocycles. The predicted molar refractivity (Wildman–Crippen MR) is 107 cm³/mol. The van der Waals surface area contributed by atoms with Crippen molar-refractivity contribution in [1.29, 1.82) is 0 Å². The Kier molecular flexibility index (Phi) is 6.36. The number of carbonyl (C=O) groups is 1. The molecule has 0 unspecified atom stereocenters. The Bertz CT molecular complexity index is 968. The first-order chi connectivity index (χ1) is 13.7. The molecule has 0 bridgehead atoms. The van der Waals surface area contributed by atoms with Gasteiger partial charge in [0.05, 0.1) is 17.1 Å². The molecule has 3 rings (SSSR count). The Balaban J connectivity index is 1.79. The Morgan fingerprint density at radius 1 is 1.14 bits per heavy atom. The van der Waals surface area contributed by atoms with Crippen LogP contribution in [0.25, 0.3) is 0 Å². The zero-order chi connectivity index (χ0) is 21.2. The van der Waals surface area contributed by atoms with E-state index < -0.39 is 10.0 Å². The molecule has 0 aliphatic carbocycles. The molecule has 1 fully saturated rings. The molecule has 6 nitrogen and oxygen atoms in total. The van der Waals surface area contributed by atoms with Gasteiger partial charge in [0.1, 0.15) is 5.82 Å². The number of carbonyl (C=O) groups excluding carboxylic acids is 1. The van der Waals surface area contributed by atoms with Crippen LogP contribution in [0, 0.1) is 5.82 Å².